The Morgan fingerprint density at radius 1 is 1.30 bits per heavy atom. The van der Waals surface area contributed by atoms with E-state index in [1.54, 1.807) is 12.3 Å². The minimum atomic E-state index is -4.56. The van der Waals surface area contributed by atoms with Crippen molar-refractivity contribution in [3.63, 3.8) is 0 Å². The Hall–Kier alpha value is -1.89. The van der Waals surface area contributed by atoms with Crippen molar-refractivity contribution in [2.75, 3.05) is 11.9 Å². The van der Waals surface area contributed by atoms with E-state index in [0.29, 0.717) is 10.8 Å². The first-order valence-corrected chi connectivity index (χ1v) is 6.55. The molecule has 1 heterocycles. The Morgan fingerprint density at radius 3 is 2.50 bits per heavy atom. The molecule has 0 atom stereocenters. The third kappa shape index (κ3) is 2.82. The largest absolute Gasteiger partial charge is 0.417 e. The van der Waals surface area contributed by atoms with Crippen LogP contribution in [0.3, 0.4) is 0 Å². The molecule has 0 fully saturated rings. The Balaban J connectivity index is 2.39. The number of carbonyl (C=O) groups excluding carboxylic acids is 1. The molecule has 1 aromatic heterocycles. The number of hydrogen-bond acceptors (Lipinski definition) is 3. The third-order valence-corrected chi connectivity index (χ3v) is 3.70. The molecule has 0 saturated heterocycles. The smallest absolute Gasteiger partial charge is 0.287 e. The fourth-order valence-corrected chi connectivity index (χ4v) is 2.45. The number of aromatic nitrogens is 1. The van der Waals surface area contributed by atoms with Crippen molar-refractivity contribution in [3.05, 3.63) is 46.5 Å². The normalized spacial score (nSPS) is 11.4. The summed E-state index contributed by atoms with van der Waals surface area (Å²) in [7, 11) is 1.41. The number of thiazole rings is 1. The van der Waals surface area contributed by atoms with Crippen LogP contribution in [0.2, 0.25) is 0 Å². The fourth-order valence-electron chi connectivity index (χ4n) is 1.68. The third-order valence-electron chi connectivity index (χ3n) is 2.66. The summed E-state index contributed by atoms with van der Waals surface area (Å²) in [5.41, 5.74) is -0.603. The molecule has 1 amide bonds. The minimum absolute atomic E-state index is 0.365. The van der Waals surface area contributed by atoms with Gasteiger partial charge in [-0.05, 0) is 19.1 Å². The van der Waals surface area contributed by atoms with Crippen molar-refractivity contribution in [3.8, 4) is 0 Å². The van der Waals surface area contributed by atoms with E-state index in [-0.39, 0.29) is 5.56 Å². The molecule has 0 bridgehead atoms. The highest BCUT2D eigenvalue weighted by Gasteiger charge is 2.35. The maximum absolute atomic E-state index is 12.9. The molecule has 0 aliphatic carbocycles. The lowest BCUT2D eigenvalue weighted by Gasteiger charge is -2.17. The second-order valence-corrected chi connectivity index (χ2v) is 5.02. The monoisotopic (exact) mass is 300 g/mol. The van der Waals surface area contributed by atoms with Crippen LogP contribution in [0.1, 0.15) is 21.6 Å². The molecule has 2 aromatic rings. The molecule has 0 aliphatic rings. The van der Waals surface area contributed by atoms with E-state index < -0.39 is 17.6 Å². The van der Waals surface area contributed by atoms with Crippen molar-refractivity contribution >= 4 is 22.4 Å². The van der Waals surface area contributed by atoms with Crippen LogP contribution in [0.15, 0.2) is 29.6 Å². The fraction of sp³-hybridized carbons (Fsp3) is 0.231. The molecule has 2 rings (SSSR count). The molecule has 0 spiro atoms. The summed E-state index contributed by atoms with van der Waals surface area (Å²) in [5.74, 6) is -0.729. The van der Waals surface area contributed by atoms with Gasteiger partial charge in [0.15, 0.2) is 5.13 Å². The van der Waals surface area contributed by atoms with Crippen molar-refractivity contribution in [2.45, 2.75) is 13.1 Å². The Labute approximate surface area is 117 Å². The van der Waals surface area contributed by atoms with Gasteiger partial charge in [0.2, 0.25) is 0 Å². The zero-order valence-electron chi connectivity index (χ0n) is 10.7. The summed E-state index contributed by atoms with van der Waals surface area (Å²) in [5, 5.41) is 2.10. The van der Waals surface area contributed by atoms with Gasteiger partial charge in [-0.3, -0.25) is 9.69 Å². The van der Waals surface area contributed by atoms with Crippen LogP contribution in [-0.4, -0.2) is 17.9 Å². The van der Waals surface area contributed by atoms with Crippen LogP contribution in [0, 0.1) is 6.92 Å². The Bertz CT molecular complexity index is 637. The summed E-state index contributed by atoms with van der Waals surface area (Å²) in [4.78, 5) is 17.4. The molecule has 0 unspecified atom stereocenters. The zero-order valence-corrected chi connectivity index (χ0v) is 11.5. The SMILES string of the molecule is Cc1csc(N(C)C(=O)c2ccccc2C(F)(F)F)n1. The number of benzene rings is 1. The van der Waals surface area contributed by atoms with Gasteiger partial charge in [-0.15, -0.1) is 11.3 Å². The second-order valence-electron chi connectivity index (χ2n) is 4.18. The van der Waals surface area contributed by atoms with Crippen LogP contribution in [0.25, 0.3) is 0 Å². The molecular weight excluding hydrogens is 289 g/mol. The molecular formula is C13H11F3N2OS. The number of anilines is 1. The lowest BCUT2D eigenvalue weighted by Crippen LogP contribution is -2.28. The van der Waals surface area contributed by atoms with E-state index in [1.807, 2.05) is 0 Å². The summed E-state index contributed by atoms with van der Waals surface area (Å²) in [6.07, 6.45) is -4.56. The van der Waals surface area contributed by atoms with Gasteiger partial charge in [-0.25, -0.2) is 4.98 Å². The molecule has 0 saturated carbocycles. The minimum Gasteiger partial charge on any atom is -0.287 e. The van der Waals surface area contributed by atoms with Gasteiger partial charge in [0.1, 0.15) is 0 Å². The Kier molecular flexibility index (Phi) is 3.80. The van der Waals surface area contributed by atoms with Gasteiger partial charge in [0.05, 0.1) is 16.8 Å². The average Bonchev–Trinajstić information content (AvgIpc) is 2.83. The number of carbonyl (C=O) groups is 1. The quantitative estimate of drug-likeness (QED) is 0.846. The zero-order chi connectivity index (χ0) is 14.9. The lowest BCUT2D eigenvalue weighted by atomic mass is 10.1. The first-order chi connectivity index (χ1) is 9.30. The molecule has 3 nitrogen and oxygen atoms in total. The van der Waals surface area contributed by atoms with Crippen LogP contribution >= 0.6 is 11.3 Å². The first kappa shape index (κ1) is 14.5. The highest BCUT2D eigenvalue weighted by atomic mass is 32.1. The van der Waals surface area contributed by atoms with Gasteiger partial charge >= 0.3 is 6.18 Å². The number of hydrogen-bond donors (Lipinski definition) is 0. The number of amides is 1. The van der Waals surface area contributed by atoms with Crippen LogP contribution in [-0.2, 0) is 6.18 Å². The number of alkyl halides is 3. The number of aryl methyl sites for hydroxylation is 1. The van der Waals surface area contributed by atoms with Gasteiger partial charge < -0.3 is 0 Å². The van der Waals surface area contributed by atoms with E-state index in [0.717, 1.165) is 11.0 Å². The summed E-state index contributed by atoms with van der Waals surface area (Å²) in [6.45, 7) is 1.75. The van der Waals surface area contributed by atoms with E-state index in [9.17, 15) is 18.0 Å². The van der Waals surface area contributed by atoms with E-state index in [4.69, 9.17) is 0 Å². The molecule has 0 N–H and O–H groups in total. The summed E-state index contributed by atoms with van der Waals surface area (Å²) in [6, 6.07) is 4.73. The number of halogens is 3. The predicted octanol–water partition coefficient (Wildman–Crippen LogP) is 3.75. The summed E-state index contributed by atoms with van der Waals surface area (Å²) >= 11 is 1.21. The molecule has 7 heteroatoms. The topological polar surface area (TPSA) is 33.2 Å². The van der Waals surface area contributed by atoms with Crippen LogP contribution in [0.4, 0.5) is 18.3 Å². The van der Waals surface area contributed by atoms with Crippen molar-refractivity contribution in [2.24, 2.45) is 0 Å². The molecule has 0 radical (unpaired) electrons. The molecule has 106 valence electrons. The van der Waals surface area contributed by atoms with Gasteiger partial charge in [-0.2, -0.15) is 13.2 Å². The van der Waals surface area contributed by atoms with Gasteiger partial charge in [0.25, 0.3) is 5.91 Å². The molecule has 20 heavy (non-hydrogen) atoms. The summed E-state index contributed by atoms with van der Waals surface area (Å²) < 4.78 is 38.7. The highest BCUT2D eigenvalue weighted by Crippen LogP contribution is 2.33. The number of rotatable bonds is 2. The van der Waals surface area contributed by atoms with E-state index in [1.165, 1.54) is 36.6 Å². The van der Waals surface area contributed by atoms with Gasteiger partial charge in [0, 0.05) is 12.4 Å². The van der Waals surface area contributed by atoms with Crippen LogP contribution < -0.4 is 4.90 Å². The first-order valence-electron chi connectivity index (χ1n) is 5.67. The second kappa shape index (κ2) is 5.24. The number of nitrogens with zero attached hydrogens (tertiary/aromatic N) is 2. The van der Waals surface area contributed by atoms with Crippen molar-refractivity contribution < 1.29 is 18.0 Å². The standard InChI is InChI=1S/C13H11F3N2OS/c1-8-7-20-12(17-8)18(2)11(19)9-5-3-4-6-10(9)13(14,15)16/h3-7H,1-2H3. The van der Waals surface area contributed by atoms with Crippen molar-refractivity contribution in [1.29, 1.82) is 0 Å². The highest BCUT2D eigenvalue weighted by molar-refractivity contribution is 7.14. The lowest BCUT2D eigenvalue weighted by molar-refractivity contribution is -0.137. The van der Waals surface area contributed by atoms with E-state index in [2.05, 4.69) is 4.98 Å². The average molecular weight is 300 g/mol. The van der Waals surface area contributed by atoms with Gasteiger partial charge in [-0.1, -0.05) is 12.1 Å². The van der Waals surface area contributed by atoms with E-state index >= 15 is 0 Å². The maximum atomic E-state index is 12.9. The van der Waals surface area contributed by atoms with Crippen LogP contribution in [0.5, 0.6) is 0 Å². The Morgan fingerprint density at radius 2 is 1.95 bits per heavy atom. The maximum Gasteiger partial charge on any atom is 0.417 e. The molecule has 1 aromatic carbocycles. The molecule has 0 aliphatic heterocycles. The van der Waals surface area contributed by atoms with Crippen molar-refractivity contribution in [1.82, 2.24) is 4.98 Å². The predicted molar refractivity (Wildman–Crippen MR) is 71.0 cm³/mol.